The highest BCUT2D eigenvalue weighted by molar-refractivity contribution is 5.40. The maximum atomic E-state index is 12.7. The van der Waals surface area contributed by atoms with Gasteiger partial charge in [0.15, 0.2) is 5.82 Å². The molecule has 1 aliphatic carbocycles. The SMILES string of the molecule is FC(F)(F)c1ccc(C2(c3noc(Cn4cnnn4)n3)CC2)cc1. The molecule has 0 atom stereocenters. The van der Waals surface area contributed by atoms with E-state index in [4.69, 9.17) is 4.52 Å². The summed E-state index contributed by atoms with van der Waals surface area (Å²) in [6.07, 6.45) is -1.39. The Morgan fingerprint density at radius 3 is 2.50 bits per heavy atom. The Morgan fingerprint density at radius 2 is 1.92 bits per heavy atom. The predicted octanol–water partition coefficient (Wildman–Crippen LogP) is 2.20. The molecule has 0 unspecified atom stereocenters. The van der Waals surface area contributed by atoms with Crippen molar-refractivity contribution in [2.75, 3.05) is 0 Å². The number of nitrogens with zero attached hydrogens (tertiary/aromatic N) is 6. The summed E-state index contributed by atoms with van der Waals surface area (Å²) >= 11 is 0. The third-order valence-electron chi connectivity index (χ3n) is 4.10. The second-order valence-corrected chi connectivity index (χ2v) is 5.68. The van der Waals surface area contributed by atoms with E-state index < -0.39 is 17.2 Å². The molecule has 0 aliphatic heterocycles. The van der Waals surface area contributed by atoms with E-state index in [1.165, 1.54) is 23.1 Å². The molecular weight excluding hydrogens is 325 g/mol. The number of rotatable bonds is 4. The smallest absolute Gasteiger partial charge is 0.337 e. The lowest BCUT2D eigenvalue weighted by Gasteiger charge is -2.13. The van der Waals surface area contributed by atoms with Crippen LogP contribution in [-0.4, -0.2) is 30.3 Å². The first-order valence-corrected chi connectivity index (χ1v) is 7.19. The Balaban J connectivity index is 1.58. The number of benzene rings is 1. The van der Waals surface area contributed by atoms with Crippen LogP contribution < -0.4 is 0 Å². The highest BCUT2D eigenvalue weighted by Gasteiger charge is 2.50. The molecule has 0 N–H and O–H groups in total. The van der Waals surface area contributed by atoms with Crippen molar-refractivity contribution in [1.29, 1.82) is 0 Å². The molecule has 0 bridgehead atoms. The summed E-state index contributed by atoms with van der Waals surface area (Å²) in [7, 11) is 0. The standard InChI is InChI=1S/C14H11F3N6O/c15-14(16,17)10-3-1-9(2-4-10)13(5-6-13)12-19-11(24-20-12)7-23-8-18-21-22-23/h1-4,8H,5-7H2. The van der Waals surface area contributed by atoms with Crippen LogP contribution in [-0.2, 0) is 18.1 Å². The average molecular weight is 336 g/mol. The monoisotopic (exact) mass is 336 g/mol. The Bertz CT molecular complexity index is 836. The summed E-state index contributed by atoms with van der Waals surface area (Å²) < 4.78 is 44.7. The van der Waals surface area contributed by atoms with E-state index in [2.05, 4.69) is 25.7 Å². The van der Waals surface area contributed by atoms with Crippen LogP contribution in [0.15, 0.2) is 35.1 Å². The van der Waals surface area contributed by atoms with Crippen molar-refractivity contribution >= 4 is 0 Å². The maximum absolute atomic E-state index is 12.7. The lowest BCUT2D eigenvalue weighted by molar-refractivity contribution is -0.137. The lowest BCUT2D eigenvalue weighted by atomic mass is 9.94. The zero-order valence-electron chi connectivity index (χ0n) is 12.2. The molecule has 3 aromatic rings. The lowest BCUT2D eigenvalue weighted by Crippen LogP contribution is -2.12. The number of aromatic nitrogens is 6. The summed E-state index contributed by atoms with van der Waals surface area (Å²) in [6.45, 7) is 0.239. The van der Waals surface area contributed by atoms with Crippen LogP contribution >= 0.6 is 0 Å². The minimum absolute atomic E-state index is 0.239. The first-order chi connectivity index (χ1) is 11.5. The van der Waals surface area contributed by atoms with Crippen LogP contribution in [0.3, 0.4) is 0 Å². The minimum Gasteiger partial charge on any atom is -0.337 e. The molecule has 2 aromatic heterocycles. The molecule has 0 amide bonds. The van der Waals surface area contributed by atoms with E-state index in [1.807, 2.05) is 0 Å². The molecule has 24 heavy (non-hydrogen) atoms. The number of hydrogen-bond acceptors (Lipinski definition) is 6. The van der Waals surface area contributed by atoms with Gasteiger partial charge in [0.25, 0.3) is 0 Å². The Labute approximate surface area is 133 Å². The zero-order valence-corrected chi connectivity index (χ0v) is 12.2. The van der Waals surface area contributed by atoms with Gasteiger partial charge in [-0.3, -0.25) is 0 Å². The van der Waals surface area contributed by atoms with Gasteiger partial charge in [0.05, 0.1) is 11.0 Å². The number of hydrogen-bond donors (Lipinski definition) is 0. The third kappa shape index (κ3) is 2.53. The van der Waals surface area contributed by atoms with Gasteiger partial charge in [-0.25, -0.2) is 4.68 Å². The topological polar surface area (TPSA) is 82.5 Å². The third-order valence-corrected chi connectivity index (χ3v) is 4.10. The van der Waals surface area contributed by atoms with Gasteiger partial charge in [-0.05, 0) is 41.0 Å². The van der Waals surface area contributed by atoms with Gasteiger partial charge >= 0.3 is 6.18 Å². The van der Waals surface area contributed by atoms with Gasteiger partial charge in [0.2, 0.25) is 5.89 Å². The van der Waals surface area contributed by atoms with Crippen LogP contribution in [0.2, 0.25) is 0 Å². The van der Waals surface area contributed by atoms with Gasteiger partial charge in [0.1, 0.15) is 12.9 Å². The molecule has 2 heterocycles. The molecule has 124 valence electrons. The fourth-order valence-electron chi connectivity index (χ4n) is 2.65. The normalized spacial score (nSPS) is 16.3. The summed E-state index contributed by atoms with van der Waals surface area (Å²) in [5.41, 5.74) is -0.383. The molecule has 1 aromatic carbocycles. The summed E-state index contributed by atoms with van der Waals surface area (Å²) in [5.74, 6) is 0.820. The first kappa shape index (κ1) is 14.8. The van der Waals surface area contributed by atoms with E-state index >= 15 is 0 Å². The zero-order chi connectivity index (χ0) is 16.8. The van der Waals surface area contributed by atoms with Crippen molar-refractivity contribution in [2.45, 2.75) is 31.0 Å². The number of alkyl halides is 3. The highest BCUT2D eigenvalue weighted by Crippen LogP contribution is 2.52. The molecule has 1 fully saturated rings. The first-order valence-electron chi connectivity index (χ1n) is 7.19. The van der Waals surface area contributed by atoms with Gasteiger partial charge in [0, 0.05) is 0 Å². The Morgan fingerprint density at radius 1 is 1.17 bits per heavy atom. The molecule has 0 saturated heterocycles. The van der Waals surface area contributed by atoms with Crippen molar-refractivity contribution < 1.29 is 17.7 Å². The molecule has 10 heteroatoms. The van der Waals surface area contributed by atoms with E-state index in [-0.39, 0.29) is 6.54 Å². The molecule has 1 saturated carbocycles. The summed E-state index contributed by atoms with van der Waals surface area (Å²) in [4.78, 5) is 4.35. The second kappa shape index (κ2) is 5.11. The highest BCUT2D eigenvalue weighted by atomic mass is 19.4. The minimum atomic E-state index is -4.35. The summed E-state index contributed by atoms with van der Waals surface area (Å²) in [5, 5.41) is 14.7. The predicted molar refractivity (Wildman–Crippen MR) is 72.7 cm³/mol. The number of halogens is 3. The van der Waals surface area contributed by atoms with E-state index in [0.717, 1.165) is 30.5 Å². The van der Waals surface area contributed by atoms with E-state index in [9.17, 15) is 13.2 Å². The number of tetrazole rings is 1. The van der Waals surface area contributed by atoms with Crippen molar-refractivity contribution in [3.63, 3.8) is 0 Å². The molecule has 4 rings (SSSR count). The molecular formula is C14H11F3N6O. The van der Waals surface area contributed by atoms with Gasteiger partial charge in [-0.15, -0.1) is 5.10 Å². The fraction of sp³-hybridized carbons (Fsp3) is 0.357. The molecule has 0 radical (unpaired) electrons. The van der Waals surface area contributed by atoms with Gasteiger partial charge in [-0.1, -0.05) is 17.3 Å². The van der Waals surface area contributed by atoms with Crippen LogP contribution in [0.25, 0.3) is 0 Å². The maximum Gasteiger partial charge on any atom is 0.416 e. The second-order valence-electron chi connectivity index (χ2n) is 5.68. The van der Waals surface area contributed by atoms with E-state index in [1.54, 1.807) is 0 Å². The quantitative estimate of drug-likeness (QED) is 0.726. The van der Waals surface area contributed by atoms with Crippen LogP contribution in [0.5, 0.6) is 0 Å². The van der Waals surface area contributed by atoms with Gasteiger partial charge in [-0.2, -0.15) is 18.2 Å². The van der Waals surface area contributed by atoms with Gasteiger partial charge < -0.3 is 4.52 Å². The average Bonchev–Trinajstić information content (AvgIpc) is 2.96. The largest absolute Gasteiger partial charge is 0.416 e. The van der Waals surface area contributed by atoms with E-state index in [0.29, 0.717) is 11.7 Å². The Hall–Kier alpha value is -2.78. The molecule has 1 aliphatic rings. The van der Waals surface area contributed by atoms with Crippen molar-refractivity contribution in [2.24, 2.45) is 0 Å². The Kier molecular flexibility index (Phi) is 3.15. The molecule has 7 nitrogen and oxygen atoms in total. The van der Waals surface area contributed by atoms with Crippen molar-refractivity contribution in [3.05, 3.63) is 53.4 Å². The van der Waals surface area contributed by atoms with Crippen molar-refractivity contribution in [1.82, 2.24) is 30.3 Å². The van der Waals surface area contributed by atoms with Crippen LogP contribution in [0, 0.1) is 0 Å². The van der Waals surface area contributed by atoms with Crippen molar-refractivity contribution in [3.8, 4) is 0 Å². The summed E-state index contributed by atoms with van der Waals surface area (Å²) in [6, 6.07) is 5.12. The van der Waals surface area contributed by atoms with Crippen LogP contribution in [0.4, 0.5) is 13.2 Å². The van der Waals surface area contributed by atoms with Crippen LogP contribution in [0.1, 0.15) is 35.7 Å². The fourth-order valence-corrected chi connectivity index (χ4v) is 2.65. The molecule has 0 spiro atoms.